The molecule has 1 heterocycles. The molecule has 2 aromatic rings. The van der Waals surface area contributed by atoms with Gasteiger partial charge in [0.1, 0.15) is 24.2 Å². The van der Waals surface area contributed by atoms with Crippen molar-refractivity contribution in [1.82, 2.24) is 5.32 Å². The van der Waals surface area contributed by atoms with Crippen molar-refractivity contribution < 1.29 is 14.3 Å². The van der Waals surface area contributed by atoms with E-state index in [-0.39, 0.29) is 6.61 Å². The van der Waals surface area contributed by atoms with E-state index in [0.717, 1.165) is 23.5 Å². The highest BCUT2D eigenvalue weighted by molar-refractivity contribution is 5.34. The lowest BCUT2D eigenvalue weighted by Crippen LogP contribution is -2.31. The second-order valence-corrected chi connectivity index (χ2v) is 4.78. The summed E-state index contributed by atoms with van der Waals surface area (Å²) in [5.74, 6) is 1.64. The Balaban J connectivity index is 1.73. The zero-order chi connectivity index (χ0) is 14.9. The number of benzene rings is 1. The molecule has 0 aliphatic rings. The first-order chi connectivity index (χ1) is 10.3. The monoisotopic (exact) mass is 287 g/mol. The van der Waals surface area contributed by atoms with Crippen LogP contribution in [0.3, 0.4) is 0 Å². The molecule has 0 aliphatic carbocycles. The Labute approximate surface area is 125 Å². The second-order valence-electron chi connectivity index (χ2n) is 4.78. The summed E-state index contributed by atoms with van der Waals surface area (Å²) < 4.78 is 10.9. The van der Waals surface area contributed by atoms with Crippen molar-refractivity contribution in [3.8, 4) is 5.75 Å². The summed E-state index contributed by atoms with van der Waals surface area (Å²) >= 11 is 0. The van der Waals surface area contributed by atoms with E-state index in [4.69, 9.17) is 9.15 Å². The normalized spacial score (nSPS) is 12.0. The molecule has 2 rings (SSSR count). The van der Waals surface area contributed by atoms with Gasteiger partial charge in [-0.3, -0.25) is 0 Å². The zero-order valence-electron chi connectivity index (χ0n) is 12.0. The molecule has 4 heteroatoms. The van der Waals surface area contributed by atoms with Crippen LogP contribution in [0.2, 0.25) is 0 Å². The molecule has 0 spiro atoms. The van der Waals surface area contributed by atoms with Gasteiger partial charge in [0.25, 0.3) is 0 Å². The summed E-state index contributed by atoms with van der Waals surface area (Å²) in [6.07, 6.45) is 3.65. The minimum atomic E-state index is -0.572. The topological polar surface area (TPSA) is 54.6 Å². The van der Waals surface area contributed by atoms with Gasteiger partial charge in [0.2, 0.25) is 0 Å². The van der Waals surface area contributed by atoms with Gasteiger partial charge in [-0.05, 0) is 30.2 Å². The van der Waals surface area contributed by atoms with Crippen molar-refractivity contribution in [3.05, 3.63) is 66.6 Å². The third kappa shape index (κ3) is 5.10. The Hall–Kier alpha value is -2.04. The minimum Gasteiger partial charge on any atom is -0.491 e. The molecule has 0 saturated carbocycles. The molecule has 0 saturated heterocycles. The number of ether oxygens (including phenoxy) is 1. The highest BCUT2D eigenvalue weighted by Crippen LogP contribution is 2.18. The number of para-hydroxylation sites is 1. The predicted molar refractivity (Wildman–Crippen MR) is 82.3 cm³/mol. The van der Waals surface area contributed by atoms with E-state index in [0.29, 0.717) is 13.1 Å². The van der Waals surface area contributed by atoms with E-state index < -0.39 is 6.10 Å². The molecule has 0 amide bonds. The number of hydrogen-bond donors (Lipinski definition) is 2. The van der Waals surface area contributed by atoms with Crippen LogP contribution in [0.15, 0.2) is 59.7 Å². The third-order valence-corrected chi connectivity index (χ3v) is 3.03. The predicted octanol–water partition coefficient (Wildman–Crippen LogP) is 2.54. The molecule has 1 aromatic carbocycles. The summed E-state index contributed by atoms with van der Waals surface area (Å²) in [6.45, 7) is 5.03. The van der Waals surface area contributed by atoms with Gasteiger partial charge >= 0.3 is 0 Å². The van der Waals surface area contributed by atoms with Gasteiger partial charge in [-0.25, -0.2) is 0 Å². The summed E-state index contributed by atoms with van der Waals surface area (Å²) in [6, 6.07) is 11.5. The third-order valence-electron chi connectivity index (χ3n) is 3.03. The molecular weight excluding hydrogens is 266 g/mol. The summed E-state index contributed by atoms with van der Waals surface area (Å²) in [5, 5.41) is 13.0. The van der Waals surface area contributed by atoms with Crippen molar-refractivity contribution in [2.45, 2.75) is 19.1 Å². The van der Waals surface area contributed by atoms with Crippen LogP contribution in [-0.4, -0.2) is 24.4 Å². The maximum Gasteiger partial charge on any atom is 0.122 e. The largest absolute Gasteiger partial charge is 0.491 e. The molecule has 0 aliphatic heterocycles. The van der Waals surface area contributed by atoms with E-state index in [1.165, 1.54) is 0 Å². The van der Waals surface area contributed by atoms with Gasteiger partial charge in [0.15, 0.2) is 0 Å². The molecule has 2 N–H and O–H groups in total. The Morgan fingerprint density at radius 1 is 1.29 bits per heavy atom. The van der Waals surface area contributed by atoms with Gasteiger partial charge in [0, 0.05) is 6.54 Å². The smallest absolute Gasteiger partial charge is 0.122 e. The molecule has 112 valence electrons. The number of rotatable bonds is 9. The molecule has 4 nitrogen and oxygen atoms in total. The van der Waals surface area contributed by atoms with Crippen LogP contribution in [0.1, 0.15) is 11.3 Å². The van der Waals surface area contributed by atoms with E-state index >= 15 is 0 Å². The van der Waals surface area contributed by atoms with Crippen molar-refractivity contribution in [2.75, 3.05) is 13.2 Å². The van der Waals surface area contributed by atoms with Gasteiger partial charge < -0.3 is 19.6 Å². The molecule has 0 fully saturated rings. The van der Waals surface area contributed by atoms with Crippen LogP contribution < -0.4 is 10.1 Å². The average molecular weight is 287 g/mol. The van der Waals surface area contributed by atoms with Crippen LogP contribution in [0.5, 0.6) is 5.75 Å². The molecule has 1 atom stereocenters. The van der Waals surface area contributed by atoms with Gasteiger partial charge in [-0.15, -0.1) is 6.58 Å². The van der Waals surface area contributed by atoms with Crippen molar-refractivity contribution >= 4 is 0 Å². The highest BCUT2D eigenvalue weighted by Gasteiger charge is 2.07. The van der Waals surface area contributed by atoms with Gasteiger partial charge in [-0.1, -0.05) is 24.3 Å². The van der Waals surface area contributed by atoms with E-state index in [2.05, 4.69) is 11.9 Å². The number of allylic oxidation sites excluding steroid dienone is 1. The fourth-order valence-corrected chi connectivity index (χ4v) is 1.99. The summed E-state index contributed by atoms with van der Waals surface area (Å²) in [4.78, 5) is 0. The van der Waals surface area contributed by atoms with Crippen LogP contribution >= 0.6 is 0 Å². The first-order valence-corrected chi connectivity index (χ1v) is 7.02. The number of aliphatic hydroxyl groups is 1. The van der Waals surface area contributed by atoms with Crippen LogP contribution in [0.4, 0.5) is 0 Å². The number of hydrogen-bond acceptors (Lipinski definition) is 4. The SMILES string of the molecule is C=CCc1ccccc1OC[C@H](O)CNCc1ccco1. The number of furan rings is 1. The van der Waals surface area contributed by atoms with Crippen LogP contribution in [0, 0.1) is 0 Å². The maximum absolute atomic E-state index is 9.92. The minimum absolute atomic E-state index is 0.249. The molecule has 0 radical (unpaired) electrons. The number of aliphatic hydroxyl groups excluding tert-OH is 1. The molecule has 0 unspecified atom stereocenters. The quantitative estimate of drug-likeness (QED) is 0.696. The van der Waals surface area contributed by atoms with Crippen molar-refractivity contribution in [2.24, 2.45) is 0 Å². The van der Waals surface area contributed by atoms with Crippen LogP contribution in [-0.2, 0) is 13.0 Å². The fraction of sp³-hybridized carbons (Fsp3) is 0.294. The highest BCUT2D eigenvalue weighted by atomic mass is 16.5. The first-order valence-electron chi connectivity index (χ1n) is 7.02. The Bertz CT molecular complexity index is 537. The summed E-state index contributed by atoms with van der Waals surface area (Å²) in [5.41, 5.74) is 1.07. The maximum atomic E-state index is 9.92. The zero-order valence-corrected chi connectivity index (χ0v) is 12.0. The standard InChI is InChI=1S/C17H21NO3/c1-2-6-14-7-3-4-9-17(14)21-13-15(19)11-18-12-16-8-5-10-20-16/h2-5,7-10,15,18-19H,1,6,11-13H2/t15-/m1/s1. The summed E-state index contributed by atoms with van der Waals surface area (Å²) in [7, 11) is 0. The second kappa shape index (κ2) is 8.29. The molecular formula is C17H21NO3. The number of nitrogens with one attached hydrogen (secondary N) is 1. The molecule has 21 heavy (non-hydrogen) atoms. The van der Waals surface area contributed by atoms with E-state index in [9.17, 15) is 5.11 Å². The van der Waals surface area contributed by atoms with Crippen LogP contribution in [0.25, 0.3) is 0 Å². The van der Waals surface area contributed by atoms with Gasteiger partial charge in [-0.2, -0.15) is 0 Å². The van der Waals surface area contributed by atoms with Crippen molar-refractivity contribution in [1.29, 1.82) is 0 Å². The van der Waals surface area contributed by atoms with E-state index in [1.54, 1.807) is 6.26 Å². The lowest BCUT2D eigenvalue weighted by Gasteiger charge is -2.14. The first kappa shape index (κ1) is 15.4. The fourth-order valence-electron chi connectivity index (χ4n) is 1.99. The Morgan fingerprint density at radius 2 is 2.14 bits per heavy atom. The molecule has 1 aromatic heterocycles. The van der Waals surface area contributed by atoms with Crippen molar-refractivity contribution in [3.63, 3.8) is 0 Å². The average Bonchev–Trinajstić information content (AvgIpc) is 3.00. The molecule has 0 bridgehead atoms. The lowest BCUT2D eigenvalue weighted by molar-refractivity contribution is 0.105. The van der Waals surface area contributed by atoms with E-state index in [1.807, 2.05) is 42.5 Å². The van der Waals surface area contributed by atoms with Gasteiger partial charge in [0.05, 0.1) is 12.8 Å². The Kier molecular flexibility index (Phi) is 6.06. The lowest BCUT2D eigenvalue weighted by atomic mass is 10.1. The Morgan fingerprint density at radius 3 is 2.90 bits per heavy atom.